The van der Waals surface area contributed by atoms with Gasteiger partial charge in [-0.1, -0.05) is 19.3 Å². The van der Waals surface area contributed by atoms with Gasteiger partial charge in [-0.25, -0.2) is 0 Å². The Morgan fingerprint density at radius 1 is 0.923 bits per heavy atom. The van der Waals surface area contributed by atoms with Gasteiger partial charge in [0.2, 0.25) is 0 Å². The zero-order valence-corrected chi connectivity index (χ0v) is 8.04. The van der Waals surface area contributed by atoms with Crippen LogP contribution in [0.5, 0.6) is 0 Å². The second-order valence-electron chi connectivity index (χ2n) is 4.60. The topological polar surface area (TPSA) is 37.3 Å². The lowest BCUT2D eigenvalue weighted by molar-refractivity contribution is -0.147. The SMILES string of the molecule is O=C(O)C1C2CCCCC1CCC2. The molecule has 2 rings (SSSR count). The van der Waals surface area contributed by atoms with Crippen LogP contribution in [0.3, 0.4) is 0 Å². The summed E-state index contributed by atoms with van der Waals surface area (Å²) < 4.78 is 0. The van der Waals surface area contributed by atoms with E-state index >= 15 is 0 Å². The Kier molecular flexibility index (Phi) is 2.56. The number of hydrogen-bond donors (Lipinski definition) is 1. The van der Waals surface area contributed by atoms with E-state index in [-0.39, 0.29) is 5.92 Å². The molecule has 13 heavy (non-hydrogen) atoms. The highest BCUT2D eigenvalue weighted by Crippen LogP contribution is 2.42. The summed E-state index contributed by atoms with van der Waals surface area (Å²) in [6, 6.07) is 0. The maximum Gasteiger partial charge on any atom is 0.307 e. The van der Waals surface area contributed by atoms with Crippen LogP contribution in [0.4, 0.5) is 0 Å². The summed E-state index contributed by atoms with van der Waals surface area (Å²) in [4.78, 5) is 11.1. The van der Waals surface area contributed by atoms with Crippen molar-refractivity contribution < 1.29 is 9.90 Å². The van der Waals surface area contributed by atoms with E-state index in [0.717, 1.165) is 25.7 Å². The van der Waals surface area contributed by atoms with Gasteiger partial charge in [0.25, 0.3) is 0 Å². The highest BCUT2D eigenvalue weighted by atomic mass is 16.4. The van der Waals surface area contributed by atoms with E-state index in [1.165, 1.54) is 19.3 Å². The van der Waals surface area contributed by atoms with Crippen LogP contribution in [-0.4, -0.2) is 11.1 Å². The molecule has 2 aliphatic rings. The molecule has 2 nitrogen and oxygen atoms in total. The minimum Gasteiger partial charge on any atom is -0.481 e. The van der Waals surface area contributed by atoms with Crippen molar-refractivity contribution in [2.45, 2.75) is 44.9 Å². The number of rotatable bonds is 1. The minimum absolute atomic E-state index is 0.00347. The van der Waals surface area contributed by atoms with Crippen molar-refractivity contribution >= 4 is 5.97 Å². The first-order chi connectivity index (χ1) is 6.29. The minimum atomic E-state index is -0.531. The molecule has 0 aromatic carbocycles. The Bertz CT molecular complexity index is 186. The van der Waals surface area contributed by atoms with Gasteiger partial charge in [0.15, 0.2) is 0 Å². The summed E-state index contributed by atoms with van der Waals surface area (Å²) in [7, 11) is 0. The van der Waals surface area contributed by atoms with E-state index in [2.05, 4.69) is 0 Å². The van der Waals surface area contributed by atoms with Gasteiger partial charge >= 0.3 is 5.97 Å². The van der Waals surface area contributed by atoms with Crippen LogP contribution < -0.4 is 0 Å². The van der Waals surface area contributed by atoms with Crippen LogP contribution in [0.25, 0.3) is 0 Å². The normalized spacial score (nSPS) is 39.5. The number of hydrogen-bond acceptors (Lipinski definition) is 1. The molecule has 0 saturated heterocycles. The van der Waals surface area contributed by atoms with Gasteiger partial charge in [-0.3, -0.25) is 4.79 Å². The Hall–Kier alpha value is -0.530. The van der Waals surface area contributed by atoms with Gasteiger partial charge in [-0.2, -0.15) is 0 Å². The molecule has 0 radical (unpaired) electrons. The molecule has 2 unspecified atom stereocenters. The first-order valence-corrected chi connectivity index (χ1v) is 5.52. The summed E-state index contributed by atoms with van der Waals surface area (Å²) in [6.45, 7) is 0. The summed E-state index contributed by atoms with van der Waals surface area (Å²) in [5, 5.41) is 9.17. The van der Waals surface area contributed by atoms with Gasteiger partial charge in [-0.15, -0.1) is 0 Å². The largest absolute Gasteiger partial charge is 0.481 e. The average Bonchev–Trinajstić information content (AvgIpc) is 2.22. The smallest absolute Gasteiger partial charge is 0.307 e. The lowest BCUT2D eigenvalue weighted by atomic mass is 9.71. The zero-order chi connectivity index (χ0) is 9.26. The van der Waals surface area contributed by atoms with Crippen molar-refractivity contribution in [2.24, 2.45) is 17.8 Å². The van der Waals surface area contributed by atoms with E-state index in [1.54, 1.807) is 0 Å². The number of aliphatic carboxylic acids is 1. The van der Waals surface area contributed by atoms with Crippen molar-refractivity contribution in [3.8, 4) is 0 Å². The molecule has 0 aliphatic heterocycles. The van der Waals surface area contributed by atoms with Crippen LogP contribution in [0, 0.1) is 17.8 Å². The molecular weight excluding hydrogens is 164 g/mol. The Balaban J connectivity index is 2.16. The van der Waals surface area contributed by atoms with Crippen LogP contribution in [-0.2, 0) is 4.79 Å². The molecule has 2 atom stereocenters. The number of carboxylic acids is 1. The highest BCUT2D eigenvalue weighted by Gasteiger charge is 2.38. The predicted octanol–water partition coefficient (Wildman–Crippen LogP) is 2.68. The fourth-order valence-electron chi connectivity index (χ4n) is 3.25. The standard InChI is InChI=1S/C11H18O2/c12-11(13)10-8-4-1-2-5-9(10)7-3-6-8/h8-10H,1-7H2,(H,12,13). The Labute approximate surface area is 79.3 Å². The third-order valence-corrected chi connectivity index (χ3v) is 3.85. The molecule has 0 aromatic rings. The van der Waals surface area contributed by atoms with Crippen LogP contribution in [0.2, 0.25) is 0 Å². The van der Waals surface area contributed by atoms with Gasteiger partial charge in [0.05, 0.1) is 5.92 Å². The van der Waals surface area contributed by atoms with E-state index < -0.39 is 5.97 Å². The third kappa shape index (κ3) is 1.72. The molecule has 1 N–H and O–H groups in total. The lowest BCUT2D eigenvalue weighted by Crippen LogP contribution is -2.33. The second-order valence-corrected chi connectivity index (χ2v) is 4.60. The number of fused-ring (bicyclic) bond motifs is 2. The maximum atomic E-state index is 11.1. The predicted molar refractivity (Wildman–Crippen MR) is 50.4 cm³/mol. The second kappa shape index (κ2) is 3.69. The monoisotopic (exact) mass is 182 g/mol. The van der Waals surface area contributed by atoms with Crippen molar-refractivity contribution in [2.75, 3.05) is 0 Å². The van der Waals surface area contributed by atoms with Crippen LogP contribution in [0.15, 0.2) is 0 Å². The summed E-state index contributed by atoms with van der Waals surface area (Å²) >= 11 is 0. The molecular formula is C11H18O2. The molecule has 2 fully saturated rings. The van der Waals surface area contributed by atoms with E-state index in [9.17, 15) is 4.79 Å². The van der Waals surface area contributed by atoms with Crippen LogP contribution >= 0.6 is 0 Å². The molecule has 0 aromatic heterocycles. The average molecular weight is 182 g/mol. The van der Waals surface area contributed by atoms with Gasteiger partial charge < -0.3 is 5.11 Å². The van der Waals surface area contributed by atoms with E-state index in [0.29, 0.717) is 11.8 Å². The summed E-state index contributed by atoms with van der Waals surface area (Å²) in [5.74, 6) is 0.463. The molecule has 2 saturated carbocycles. The van der Waals surface area contributed by atoms with Gasteiger partial charge in [0.1, 0.15) is 0 Å². The number of carboxylic acid groups (broad SMARTS) is 1. The molecule has 2 heteroatoms. The van der Waals surface area contributed by atoms with Crippen molar-refractivity contribution in [1.29, 1.82) is 0 Å². The number of carbonyl (C=O) groups is 1. The maximum absolute atomic E-state index is 11.1. The fourth-order valence-corrected chi connectivity index (χ4v) is 3.25. The fraction of sp³-hybridized carbons (Fsp3) is 0.909. The van der Waals surface area contributed by atoms with Crippen molar-refractivity contribution in [3.05, 3.63) is 0 Å². The van der Waals surface area contributed by atoms with Crippen LogP contribution in [0.1, 0.15) is 44.9 Å². The Morgan fingerprint density at radius 2 is 1.38 bits per heavy atom. The first kappa shape index (κ1) is 9.04. The first-order valence-electron chi connectivity index (χ1n) is 5.52. The summed E-state index contributed by atoms with van der Waals surface area (Å²) in [6.07, 6.45) is 8.41. The third-order valence-electron chi connectivity index (χ3n) is 3.85. The molecule has 0 heterocycles. The quantitative estimate of drug-likeness (QED) is 0.677. The van der Waals surface area contributed by atoms with Crippen molar-refractivity contribution in [1.82, 2.24) is 0 Å². The molecule has 2 bridgehead atoms. The highest BCUT2D eigenvalue weighted by molar-refractivity contribution is 5.71. The van der Waals surface area contributed by atoms with E-state index in [4.69, 9.17) is 5.11 Å². The molecule has 0 spiro atoms. The van der Waals surface area contributed by atoms with Gasteiger partial charge in [-0.05, 0) is 37.5 Å². The molecule has 74 valence electrons. The molecule has 2 aliphatic carbocycles. The Morgan fingerprint density at radius 3 is 1.85 bits per heavy atom. The summed E-state index contributed by atoms with van der Waals surface area (Å²) in [5.41, 5.74) is 0. The zero-order valence-electron chi connectivity index (χ0n) is 8.04. The van der Waals surface area contributed by atoms with Gasteiger partial charge in [0, 0.05) is 0 Å². The van der Waals surface area contributed by atoms with Crippen molar-refractivity contribution in [3.63, 3.8) is 0 Å². The van der Waals surface area contributed by atoms with E-state index in [1.807, 2.05) is 0 Å². The lowest BCUT2D eigenvalue weighted by Gasteiger charge is -2.33. The molecule has 0 amide bonds.